The molecule has 0 aliphatic heterocycles. The molecule has 134 valence electrons. The van der Waals surface area contributed by atoms with Crippen molar-refractivity contribution in [3.8, 4) is 0 Å². The van der Waals surface area contributed by atoms with Gasteiger partial charge in [-0.1, -0.05) is 0 Å². The largest absolute Gasteiger partial charge is 0.443 e. The molecule has 1 amide bonds. The molecule has 0 atom stereocenters. The molecule has 1 fully saturated rings. The van der Waals surface area contributed by atoms with Crippen LogP contribution in [0.5, 0.6) is 0 Å². The first-order valence-corrected chi connectivity index (χ1v) is 8.73. The van der Waals surface area contributed by atoms with Crippen molar-refractivity contribution in [3.05, 3.63) is 42.1 Å². The summed E-state index contributed by atoms with van der Waals surface area (Å²) >= 11 is 0. The summed E-state index contributed by atoms with van der Waals surface area (Å²) in [5.74, 6) is 1.25. The number of ether oxygens (including phenoxy) is 1. The molecule has 0 bridgehead atoms. The normalized spacial score (nSPS) is 14.4. The highest BCUT2D eigenvalue weighted by Crippen LogP contribution is 2.32. The molecule has 0 radical (unpaired) electrons. The molecule has 6 nitrogen and oxygen atoms in total. The van der Waals surface area contributed by atoms with E-state index in [0.717, 1.165) is 24.0 Å². The van der Waals surface area contributed by atoms with E-state index < -0.39 is 5.60 Å². The zero-order valence-electron chi connectivity index (χ0n) is 15.4. The average Bonchev–Trinajstić information content (AvgIpc) is 3.18. The number of hydrogen-bond acceptors (Lipinski definition) is 4. The number of nitrogens with zero attached hydrogens (tertiary/aromatic N) is 4. The minimum atomic E-state index is -0.520. The fourth-order valence-electron chi connectivity index (χ4n) is 2.71. The van der Waals surface area contributed by atoms with Crippen LogP contribution in [0, 0.1) is 12.8 Å². The van der Waals surface area contributed by atoms with Crippen molar-refractivity contribution in [1.29, 1.82) is 0 Å². The Morgan fingerprint density at radius 2 is 2.16 bits per heavy atom. The molecule has 0 saturated heterocycles. The molecule has 0 aromatic carbocycles. The lowest BCUT2D eigenvalue weighted by Gasteiger charge is -2.28. The fraction of sp³-hybridized carbons (Fsp3) is 0.526. The summed E-state index contributed by atoms with van der Waals surface area (Å²) < 4.78 is 7.58. The molecular formula is C19H26N4O2. The van der Waals surface area contributed by atoms with Crippen LogP contribution < -0.4 is 4.90 Å². The van der Waals surface area contributed by atoms with Gasteiger partial charge in [0.05, 0.1) is 12.9 Å². The van der Waals surface area contributed by atoms with E-state index in [4.69, 9.17) is 4.74 Å². The minimum Gasteiger partial charge on any atom is -0.443 e. The molecule has 2 aromatic heterocycles. The molecule has 1 aliphatic rings. The summed E-state index contributed by atoms with van der Waals surface area (Å²) in [7, 11) is 0. The smallest absolute Gasteiger partial charge is 0.416 e. The quantitative estimate of drug-likeness (QED) is 0.829. The Kier molecular flexibility index (Phi) is 4.79. The Labute approximate surface area is 148 Å². The molecule has 25 heavy (non-hydrogen) atoms. The minimum absolute atomic E-state index is 0.322. The Morgan fingerprint density at radius 3 is 2.72 bits per heavy atom. The number of imidazole rings is 1. The number of rotatable bonds is 5. The monoisotopic (exact) mass is 342 g/mol. The third-order valence-corrected chi connectivity index (χ3v) is 4.04. The van der Waals surface area contributed by atoms with Crippen molar-refractivity contribution in [2.45, 2.75) is 52.7 Å². The first kappa shape index (κ1) is 17.5. The van der Waals surface area contributed by atoms with Crippen LogP contribution in [0.25, 0.3) is 0 Å². The van der Waals surface area contributed by atoms with Crippen LogP contribution >= 0.6 is 0 Å². The number of amides is 1. The van der Waals surface area contributed by atoms with Gasteiger partial charge in [0.1, 0.15) is 11.4 Å². The van der Waals surface area contributed by atoms with Crippen LogP contribution in [-0.2, 0) is 11.3 Å². The number of hydrogen-bond donors (Lipinski definition) is 0. The zero-order chi connectivity index (χ0) is 18.0. The summed E-state index contributed by atoms with van der Waals surface area (Å²) in [6.07, 6.45) is 9.29. The van der Waals surface area contributed by atoms with Gasteiger partial charge in [0.15, 0.2) is 0 Å². The van der Waals surface area contributed by atoms with Gasteiger partial charge in [0.25, 0.3) is 0 Å². The number of aromatic nitrogens is 3. The summed E-state index contributed by atoms with van der Waals surface area (Å²) in [6, 6.07) is 2.08. The van der Waals surface area contributed by atoms with Gasteiger partial charge >= 0.3 is 6.09 Å². The van der Waals surface area contributed by atoms with E-state index in [0.29, 0.717) is 24.8 Å². The van der Waals surface area contributed by atoms with E-state index in [1.165, 1.54) is 0 Å². The molecule has 0 N–H and O–H groups in total. The summed E-state index contributed by atoms with van der Waals surface area (Å²) in [5.41, 5.74) is 1.53. The summed E-state index contributed by atoms with van der Waals surface area (Å²) in [6.45, 7) is 9.02. The average molecular weight is 342 g/mol. The van der Waals surface area contributed by atoms with Crippen molar-refractivity contribution in [1.82, 2.24) is 14.5 Å². The Hall–Kier alpha value is -2.37. The number of carbonyl (C=O) groups is 1. The van der Waals surface area contributed by atoms with Gasteiger partial charge in [-0.25, -0.2) is 14.8 Å². The van der Waals surface area contributed by atoms with Crippen LogP contribution in [-0.4, -0.2) is 32.8 Å². The second-order valence-electron chi connectivity index (χ2n) is 7.75. The second-order valence-corrected chi connectivity index (χ2v) is 7.75. The lowest BCUT2D eigenvalue weighted by atomic mass is 10.2. The Morgan fingerprint density at radius 1 is 1.40 bits per heavy atom. The molecular weight excluding hydrogens is 316 g/mol. The predicted octanol–water partition coefficient (Wildman–Crippen LogP) is 3.79. The fourth-order valence-corrected chi connectivity index (χ4v) is 2.71. The molecule has 0 spiro atoms. The lowest BCUT2D eigenvalue weighted by molar-refractivity contribution is 0.0577. The van der Waals surface area contributed by atoms with E-state index in [-0.39, 0.29) is 6.09 Å². The van der Waals surface area contributed by atoms with E-state index in [1.54, 1.807) is 17.4 Å². The van der Waals surface area contributed by atoms with E-state index in [1.807, 2.05) is 44.7 Å². The van der Waals surface area contributed by atoms with Crippen LogP contribution in [0.4, 0.5) is 10.6 Å². The predicted molar refractivity (Wildman–Crippen MR) is 96.6 cm³/mol. The topological polar surface area (TPSA) is 60.2 Å². The van der Waals surface area contributed by atoms with Gasteiger partial charge in [-0.2, -0.15) is 0 Å². The molecule has 2 aromatic rings. The van der Waals surface area contributed by atoms with Crippen LogP contribution in [0.1, 0.15) is 44.7 Å². The molecule has 1 saturated carbocycles. The van der Waals surface area contributed by atoms with E-state index in [2.05, 4.69) is 16.0 Å². The Balaban J connectivity index is 1.80. The van der Waals surface area contributed by atoms with Crippen molar-refractivity contribution in [3.63, 3.8) is 0 Å². The van der Waals surface area contributed by atoms with Crippen LogP contribution in [0.15, 0.2) is 31.0 Å². The van der Waals surface area contributed by atoms with E-state index in [9.17, 15) is 4.79 Å². The first-order valence-electron chi connectivity index (χ1n) is 8.73. The highest BCUT2D eigenvalue weighted by molar-refractivity contribution is 5.87. The molecule has 2 heterocycles. The third kappa shape index (κ3) is 4.81. The van der Waals surface area contributed by atoms with Gasteiger partial charge in [0, 0.05) is 25.1 Å². The number of pyridine rings is 1. The van der Waals surface area contributed by atoms with Gasteiger partial charge in [-0.3, -0.25) is 4.90 Å². The van der Waals surface area contributed by atoms with Gasteiger partial charge in [-0.15, -0.1) is 0 Å². The maximum absolute atomic E-state index is 12.7. The first-order chi connectivity index (χ1) is 11.8. The van der Waals surface area contributed by atoms with Crippen LogP contribution in [0.3, 0.4) is 0 Å². The van der Waals surface area contributed by atoms with Crippen molar-refractivity contribution in [2.75, 3.05) is 11.4 Å². The third-order valence-electron chi connectivity index (χ3n) is 4.04. The summed E-state index contributed by atoms with van der Waals surface area (Å²) in [4.78, 5) is 23.0. The number of carbonyl (C=O) groups excluding carboxylic acids is 1. The molecule has 0 unspecified atom stereocenters. The number of aryl methyl sites for hydroxylation is 1. The van der Waals surface area contributed by atoms with Crippen molar-refractivity contribution < 1.29 is 9.53 Å². The molecule has 1 aliphatic carbocycles. The molecule has 6 heteroatoms. The van der Waals surface area contributed by atoms with Crippen molar-refractivity contribution >= 4 is 11.9 Å². The lowest BCUT2D eigenvalue weighted by Crippen LogP contribution is -2.39. The summed E-state index contributed by atoms with van der Waals surface area (Å²) in [5, 5.41) is 0. The van der Waals surface area contributed by atoms with Gasteiger partial charge < -0.3 is 9.30 Å². The molecule has 3 rings (SSSR count). The van der Waals surface area contributed by atoms with Gasteiger partial charge in [-0.05, 0) is 63.6 Å². The van der Waals surface area contributed by atoms with Crippen molar-refractivity contribution in [2.24, 2.45) is 5.92 Å². The highest BCUT2D eigenvalue weighted by Gasteiger charge is 2.31. The van der Waals surface area contributed by atoms with Crippen LogP contribution in [0.2, 0.25) is 0 Å². The zero-order valence-corrected chi connectivity index (χ0v) is 15.4. The Bertz CT molecular complexity index is 730. The highest BCUT2D eigenvalue weighted by atomic mass is 16.6. The standard InChI is InChI=1S/C19H26N4O2/c1-14-9-16(11-22-8-7-20-13-22)10-21-17(14)23(12-15-5-6-15)18(24)25-19(2,3)4/h7-10,13,15H,5-6,11-12H2,1-4H3. The SMILES string of the molecule is Cc1cc(Cn2ccnc2)cnc1N(CC1CC1)C(=O)OC(C)(C)C. The maximum atomic E-state index is 12.7. The van der Waals surface area contributed by atoms with Gasteiger partial charge in [0.2, 0.25) is 0 Å². The van der Waals surface area contributed by atoms with E-state index >= 15 is 0 Å². The maximum Gasteiger partial charge on any atom is 0.416 e. The second kappa shape index (κ2) is 6.86. The number of anilines is 1.